The standard InChI is InChI=1S/C27H39N5O5/c1-27(2,3)37-26(36)29(4)14-11-18-12-15-31(16-13-18)17-19-7-6-8-20-23(19)30(5)25(35)32(20)21-9-10-22(33)28-24(21)34/h6-8,18,21H,9-17H2,1-5H3,(H,28,33,34). The van der Waals surface area contributed by atoms with Crippen molar-refractivity contribution in [1.82, 2.24) is 24.3 Å². The molecule has 0 bridgehead atoms. The van der Waals surface area contributed by atoms with Gasteiger partial charge in [0.15, 0.2) is 0 Å². The van der Waals surface area contributed by atoms with Crippen LogP contribution in [0.4, 0.5) is 4.79 Å². The van der Waals surface area contributed by atoms with Gasteiger partial charge in [-0.05, 0) is 77.1 Å². The Balaban J connectivity index is 1.39. The number of imide groups is 1. The second-order valence-corrected chi connectivity index (χ2v) is 11.4. The molecule has 2 aliphatic rings. The highest BCUT2D eigenvalue weighted by Gasteiger charge is 2.32. The summed E-state index contributed by atoms with van der Waals surface area (Å²) >= 11 is 0. The minimum Gasteiger partial charge on any atom is -0.444 e. The maximum Gasteiger partial charge on any atom is 0.410 e. The molecule has 2 aliphatic heterocycles. The van der Waals surface area contributed by atoms with Crippen molar-refractivity contribution < 1.29 is 19.1 Å². The normalized spacial score (nSPS) is 19.8. The van der Waals surface area contributed by atoms with E-state index in [1.165, 1.54) is 4.57 Å². The number of nitrogens with zero attached hydrogens (tertiary/aromatic N) is 4. The quantitative estimate of drug-likeness (QED) is 0.596. The summed E-state index contributed by atoms with van der Waals surface area (Å²) in [6.07, 6.45) is 3.31. The summed E-state index contributed by atoms with van der Waals surface area (Å²) in [4.78, 5) is 53.5. The molecular formula is C27H39N5O5. The van der Waals surface area contributed by atoms with Crippen LogP contribution in [0.1, 0.15) is 64.5 Å². The molecule has 3 heterocycles. The smallest absolute Gasteiger partial charge is 0.410 e. The summed E-state index contributed by atoms with van der Waals surface area (Å²) in [5.41, 5.74) is 1.86. The average Bonchev–Trinajstić information content (AvgIpc) is 3.08. The lowest BCUT2D eigenvalue weighted by Crippen LogP contribution is -2.44. The predicted molar refractivity (Wildman–Crippen MR) is 140 cm³/mol. The van der Waals surface area contributed by atoms with Gasteiger partial charge >= 0.3 is 11.8 Å². The molecule has 202 valence electrons. The molecule has 37 heavy (non-hydrogen) atoms. The number of rotatable bonds is 6. The third-order valence-electron chi connectivity index (χ3n) is 7.39. The zero-order chi connectivity index (χ0) is 26.9. The van der Waals surface area contributed by atoms with Gasteiger partial charge in [-0.3, -0.25) is 28.9 Å². The molecule has 2 fully saturated rings. The van der Waals surface area contributed by atoms with Crippen LogP contribution < -0.4 is 11.0 Å². The van der Waals surface area contributed by atoms with Crippen molar-refractivity contribution in [1.29, 1.82) is 0 Å². The predicted octanol–water partition coefficient (Wildman–Crippen LogP) is 2.79. The summed E-state index contributed by atoms with van der Waals surface area (Å²) in [6, 6.07) is 5.16. The number of aryl methyl sites for hydroxylation is 1. The first-order chi connectivity index (χ1) is 17.4. The largest absolute Gasteiger partial charge is 0.444 e. The number of nitrogens with one attached hydrogen (secondary N) is 1. The monoisotopic (exact) mass is 513 g/mol. The van der Waals surface area contributed by atoms with Crippen molar-refractivity contribution in [3.05, 3.63) is 34.2 Å². The van der Waals surface area contributed by atoms with Crippen molar-refractivity contribution in [3.8, 4) is 0 Å². The lowest BCUT2D eigenvalue weighted by molar-refractivity contribution is -0.135. The van der Waals surface area contributed by atoms with Crippen LogP contribution in [-0.2, 0) is 27.9 Å². The van der Waals surface area contributed by atoms with Crippen LogP contribution in [0.5, 0.6) is 0 Å². The molecule has 10 heteroatoms. The third-order valence-corrected chi connectivity index (χ3v) is 7.39. The summed E-state index contributed by atoms with van der Waals surface area (Å²) in [7, 11) is 3.53. The number of benzene rings is 1. The summed E-state index contributed by atoms with van der Waals surface area (Å²) < 4.78 is 8.60. The number of amides is 3. The number of carbonyl (C=O) groups is 3. The first kappa shape index (κ1) is 26.9. The van der Waals surface area contributed by atoms with Gasteiger partial charge in [-0.2, -0.15) is 0 Å². The molecular weight excluding hydrogens is 474 g/mol. The Bertz CT molecular complexity index is 1230. The number of aromatic nitrogens is 2. The fraction of sp³-hybridized carbons (Fsp3) is 0.630. The van der Waals surface area contributed by atoms with Gasteiger partial charge in [-0.1, -0.05) is 12.1 Å². The van der Waals surface area contributed by atoms with Gasteiger partial charge in [0.1, 0.15) is 11.6 Å². The van der Waals surface area contributed by atoms with Crippen molar-refractivity contribution >= 4 is 28.9 Å². The minimum atomic E-state index is -0.682. The van der Waals surface area contributed by atoms with Crippen LogP contribution in [0, 0.1) is 5.92 Å². The number of likely N-dealkylation sites (tertiary alicyclic amines) is 1. The molecule has 2 aromatic rings. The zero-order valence-corrected chi connectivity index (χ0v) is 22.6. The van der Waals surface area contributed by atoms with E-state index >= 15 is 0 Å². The minimum absolute atomic E-state index is 0.224. The molecule has 1 unspecified atom stereocenters. The highest BCUT2D eigenvalue weighted by atomic mass is 16.6. The molecule has 1 N–H and O–H groups in total. The van der Waals surface area contributed by atoms with Gasteiger partial charge in [-0.15, -0.1) is 0 Å². The Labute approximate surface area is 217 Å². The van der Waals surface area contributed by atoms with E-state index in [2.05, 4.69) is 10.2 Å². The lowest BCUT2D eigenvalue weighted by atomic mass is 9.93. The fourth-order valence-electron chi connectivity index (χ4n) is 5.36. The van der Waals surface area contributed by atoms with Crippen LogP contribution in [0.25, 0.3) is 11.0 Å². The van der Waals surface area contributed by atoms with Crippen LogP contribution in [0.15, 0.2) is 23.0 Å². The molecule has 0 spiro atoms. The maximum atomic E-state index is 13.2. The topological polar surface area (TPSA) is 106 Å². The fourth-order valence-corrected chi connectivity index (χ4v) is 5.36. The van der Waals surface area contributed by atoms with Gasteiger partial charge in [0.2, 0.25) is 11.8 Å². The number of piperidine rings is 2. The maximum absolute atomic E-state index is 13.2. The summed E-state index contributed by atoms with van der Waals surface area (Å²) in [5, 5.41) is 2.36. The number of hydrogen-bond donors (Lipinski definition) is 1. The van der Waals surface area contributed by atoms with Crippen molar-refractivity contribution in [2.24, 2.45) is 13.0 Å². The average molecular weight is 514 g/mol. The second-order valence-electron chi connectivity index (χ2n) is 11.4. The Hall–Kier alpha value is -3.14. The van der Waals surface area contributed by atoms with E-state index in [1.807, 2.05) is 39.0 Å². The Morgan fingerprint density at radius 1 is 1.14 bits per heavy atom. The highest BCUT2D eigenvalue weighted by molar-refractivity contribution is 6.00. The number of imidazole rings is 1. The number of fused-ring (bicyclic) bond motifs is 1. The van der Waals surface area contributed by atoms with Gasteiger partial charge in [0, 0.05) is 33.6 Å². The van der Waals surface area contributed by atoms with Crippen molar-refractivity contribution in [3.63, 3.8) is 0 Å². The van der Waals surface area contributed by atoms with E-state index < -0.39 is 17.6 Å². The molecule has 1 atom stereocenters. The first-order valence-corrected chi connectivity index (χ1v) is 13.1. The Morgan fingerprint density at radius 3 is 2.49 bits per heavy atom. The highest BCUT2D eigenvalue weighted by Crippen LogP contribution is 2.27. The van der Waals surface area contributed by atoms with Crippen molar-refractivity contribution in [2.45, 2.75) is 71.1 Å². The number of carbonyl (C=O) groups excluding carboxylic acids is 3. The van der Waals surface area contributed by atoms with E-state index in [4.69, 9.17) is 4.74 Å². The Kier molecular flexibility index (Phi) is 7.77. The van der Waals surface area contributed by atoms with Gasteiger partial charge < -0.3 is 9.64 Å². The first-order valence-electron chi connectivity index (χ1n) is 13.1. The number of ether oxygens (including phenoxy) is 1. The molecule has 0 radical (unpaired) electrons. The molecule has 4 rings (SSSR count). The van der Waals surface area contributed by atoms with Crippen LogP contribution >= 0.6 is 0 Å². The van der Waals surface area contributed by atoms with Crippen LogP contribution in [-0.4, -0.2) is 69.1 Å². The summed E-state index contributed by atoms with van der Waals surface area (Å²) in [5.74, 6) is -0.166. The van der Waals surface area contributed by atoms with E-state index in [0.29, 0.717) is 25.4 Å². The van der Waals surface area contributed by atoms with Gasteiger partial charge in [0.05, 0.1) is 11.0 Å². The molecule has 0 saturated carbocycles. The summed E-state index contributed by atoms with van der Waals surface area (Å²) in [6.45, 7) is 8.89. The molecule has 0 aliphatic carbocycles. The van der Waals surface area contributed by atoms with E-state index in [-0.39, 0.29) is 24.1 Å². The molecule has 3 amide bonds. The molecule has 10 nitrogen and oxygen atoms in total. The van der Waals surface area contributed by atoms with Crippen LogP contribution in [0.2, 0.25) is 0 Å². The lowest BCUT2D eigenvalue weighted by Gasteiger charge is -2.33. The van der Waals surface area contributed by atoms with E-state index in [0.717, 1.165) is 48.9 Å². The van der Waals surface area contributed by atoms with Gasteiger partial charge in [0.25, 0.3) is 0 Å². The molecule has 2 saturated heterocycles. The Morgan fingerprint density at radius 2 is 1.84 bits per heavy atom. The van der Waals surface area contributed by atoms with Gasteiger partial charge in [-0.25, -0.2) is 9.59 Å². The number of hydrogen-bond acceptors (Lipinski definition) is 6. The molecule has 1 aromatic heterocycles. The van der Waals surface area contributed by atoms with E-state index in [1.54, 1.807) is 23.6 Å². The molecule has 1 aromatic carbocycles. The third kappa shape index (κ3) is 6.06. The number of para-hydroxylation sites is 1. The van der Waals surface area contributed by atoms with E-state index in [9.17, 15) is 19.2 Å². The van der Waals surface area contributed by atoms with Crippen LogP contribution in [0.3, 0.4) is 0 Å². The zero-order valence-electron chi connectivity index (χ0n) is 22.6. The SMILES string of the molecule is CN(CCC1CCN(Cc2cccc3c2n(C)c(=O)n3C2CCC(=O)NC2=O)CC1)C(=O)OC(C)(C)C. The second kappa shape index (κ2) is 10.7. The van der Waals surface area contributed by atoms with Crippen molar-refractivity contribution in [2.75, 3.05) is 26.7 Å².